The summed E-state index contributed by atoms with van der Waals surface area (Å²) in [6, 6.07) is 6.28. The normalized spacial score (nSPS) is 9.62. The highest BCUT2D eigenvalue weighted by atomic mass is 19.1. The van der Waals surface area contributed by atoms with Crippen LogP contribution >= 0.6 is 0 Å². The van der Waals surface area contributed by atoms with E-state index in [1.807, 2.05) is 0 Å². The molecule has 3 nitrogen and oxygen atoms in total. The van der Waals surface area contributed by atoms with Crippen LogP contribution in [-0.4, -0.2) is 17.7 Å². The second-order valence-corrected chi connectivity index (χ2v) is 2.46. The van der Waals surface area contributed by atoms with Gasteiger partial charge in [0.1, 0.15) is 12.4 Å². The van der Waals surface area contributed by atoms with Crippen molar-refractivity contribution in [1.82, 2.24) is 0 Å². The van der Waals surface area contributed by atoms with Gasteiger partial charge >= 0.3 is 5.97 Å². The summed E-state index contributed by atoms with van der Waals surface area (Å²) in [7, 11) is 0. The number of rotatable bonds is 4. The van der Waals surface area contributed by atoms with Crippen LogP contribution in [0.1, 0.15) is 5.56 Å². The van der Waals surface area contributed by atoms with Crippen LogP contribution < -0.4 is 4.74 Å². The molecule has 0 saturated heterocycles. The number of benzene rings is 1. The summed E-state index contributed by atoms with van der Waals surface area (Å²) in [4.78, 5) is 10.1. The molecule has 0 fully saturated rings. The minimum atomic E-state index is -1.05. The predicted octanol–water partition coefficient (Wildman–Crippen LogP) is 1.62. The van der Waals surface area contributed by atoms with Crippen molar-refractivity contribution in [2.75, 3.05) is 6.61 Å². The molecule has 13 heavy (non-hydrogen) atoms. The number of halogens is 1. The summed E-state index contributed by atoms with van der Waals surface area (Å²) >= 11 is 0. The molecule has 0 bridgehead atoms. The third-order valence-electron chi connectivity index (χ3n) is 1.42. The SMILES string of the molecule is O=C(O)COc1cccc(CF)c1. The summed E-state index contributed by atoms with van der Waals surface area (Å²) in [5, 5.41) is 8.30. The van der Waals surface area contributed by atoms with Gasteiger partial charge in [0.2, 0.25) is 0 Å². The number of aliphatic carboxylic acids is 1. The minimum Gasteiger partial charge on any atom is -0.482 e. The largest absolute Gasteiger partial charge is 0.482 e. The Kier molecular flexibility index (Phi) is 3.25. The third kappa shape index (κ3) is 3.11. The molecule has 0 saturated carbocycles. The van der Waals surface area contributed by atoms with E-state index in [2.05, 4.69) is 0 Å². The van der Waals surface area contributed by atoms with Crippen molar-refractivity contribution in [3.05, 3.63) is 29.8 Å². The van der Waals surface area contributed by atoms with Gasteiger partial charge in [-0.1, -0.05) is 12.1 Å². The number of hydrogen-bond acceptors (Lipinski definition) is 2. The second kappa shape index (κ2) is 4.45. The third-order valence-corrected chi connectivity index (χ3v) is 1.42. The van der Waals surface area contributed by atoms with E-state index >= 15 is 0 Å². The second-order valence-electron chi connectivity index (χ2n) is 2.46. The number of carboxylic acids is 1. The van der Waals surface area contributed by atoms with Crippen LogP contribution in [0.5, 0.6) is 5.75 Å². The highest BCUT2D eigenvalue weighted by Gasteiger charge is 1.99. The maximum Gasteiger partial charge on any atom is 0.341 e. The lowest BCUT2D eigenvalue weighted by molar-refractivity contribution is -0.139. The van der Waals surface area contributed by atoms with Crippen molar-refractivity contribution in [2.24, 2.45) is 0 Å². The molecule has 1 aromatic rings. The van der Waals surface area contributed by atoms with Crippen molar-refractivity contribution in [3.8, 4) is 5.75 Å². The Morgan fingerprint density at radius 2 is 2.31 bits per heavy atom. The predicted molar refractivity (Wildman–Crippen MR) is 44.4 cm³/mol. The Bertz CT molecular complexity index is 299. The van der Waals surface area contributed by atoms with E-state index in [-0.39, 0.29) is 0 Å². The van der Waals surface area contributed by atoms with E-state index in [0.717, 1.165) is 0 Å². The van der Waals surface area contributed by atoms with Crippen LogP contribution in [0.2, 0.25) is 0 Å². The molecule has 1 rings (SSSR count). The van der Waals surface area contributed by atoms with E-state index in [9.17, 15) is 9.18 Å². The van der Waals surface area contributed by atoms with E-state index in [1.54, 1.807) is 18.2 Å². The maximum absolute atomic E-state index is 12.1. The summed E-state index contributed by atoms with van der Waals surface area (Å²) in [6.45, 7) is -0.986. The van der Waals surface area contributed by atoms with Crippen molar-refractivity contribution < 1.29 is 19.0 Å². The average Bonchev–Trinajstić information content (AvgIpc) is 2.15. The van der Waals surface area contributed by atoms with Crippen molar-refractivity contribution in [3.63, 3.8) is 0 Å². The molecule has 1 aromatic carbocycles. The molecule has 0 aromatic heterocycles. The number of carboxylic acid groups (broad SMARTS) is 1. The lowest BCUT2D eigenvalue weighted by Crippen LogP contribution is -2.09. The summed E-state index contributed by atoms with van der Waals surface area (Å²) in [5.41, 5.74) is 0.475. The van der Waals surface area contributed by atoms with E-state index in [1.165, 1.54) is 6.07 Å². The van der Waals surface area contributed by atoms with Crippen LogP contribution in [0, 0.1) is 0 Å². The van der Waals surface area contributed by atoms with Crippen LogP contribution in [0.15, 0.2) is 24.3 Å². The van der Waals surface area contributed by atoms with Gasteiger partial charge in [0, 0.05) is 0 Å². The van der Waals surface area contributed by atoms with Gasteiger partial charge < -0.3 is 9.84 Å². The highest BCUT2D eigenvalue weighted by molar-refractivity contribution is 5.68. The lowest BCUT2D eigenvalue weighted by Gasteiger charge is -2.03. The molecular formula is C9H9FO3. The molecule has 0 spiro atoms. The first-order valence-corrected chi connectivity index (χ1v) is 3.72. The monoisotopic (exact) mass is 184 g/mol. The molecule has 0 aliphatic rings. The van der Waals surface area contributed by atoms with Crippen LogP contribution in [0.3, 0.4) is 0 Å². The zero-order valence-corrected chi connectivity index (χ0v) is 6.87. The van der Waals surface area contributed by atoms with Crippen LogP contribution in [-0.2, 0) is 11.5 Å². The average molecular weight is 184 g/mol. The van der Waals surface area contributed by atoms with Gasteiger partial charge in [0.25, 0.3) is 0 Å². The number of ether oxygens (including phenoxy) is 1. The molecule has 0 aliphatic carbocycles. The topological polar surface area (TPSA) is 46.5 Å². The van der Waals surface area contributed by atoms with Crippen LogP contribution in [0.4, 0.5) is 4.39 Å². The van der Waals surface area contributed by atoms with Gasteiger partial charge in [-0.25, -0.2) is 9.18 Å². The molecule has 0 aliphatic heterocycles. The zero-order valence-electron chi connectivity index (χ0n) is 6.87. The first-order valence-electron chi connectivity index (χ1n) is 3.72. The standard InChI is InChI=1S/C9H9FO3/c10-5-7-2-1-3-8(4-7)13-6-9(11)12/h1-4H,5-6H2,(H,11,12). The fraction of sp³-hybridized carbons (Fsp3) is 0.222. The van der Waals surface area contributed by atoms with Gasteiger partial charge in [-0.05, 0) is 17.7 Å². The van der Waals surface area contributed by atoms with E-state index in [0.29, 0.717) is 11.3 Å². The fourth-order valence-corrected chi connectivity index (χ4v) is 0.863. The Balaban J connectivity index is 2.61. The molecule has 0 atom stereocenters. The van der Waals surface area contributed by atoms with E-state index in [4.69, 9.17) is 9.84 Å². The number of carbonyl (C=O) groups is 1. The number of hydrogen-bond donors (Lipinski definition) is 1. The molecule has 0 unspecified atom stereocenters. The van der Waals surface area contributed by atoms with Crippen molar-refractivity contribution in [1.29, 1.82) is 0 Å². The molecule has 0 radical (unpaired) electrons. The Labute approximate surface area is 74.8 Å². The zero-order chi connectivity index (χ0) is 9.68. The Morgan fingerprint density at radius 3 is 2.92 bits per heavy atom. The molecule has 1 N–H and O–H groups in total. The fourth-order valence-electron chi connectivity index (χ4n) is 0.863. The van der Waals surface area contributed by atoms with Gasteiger partial charge in [-0.15, -0.1) is 0 Å². The smallest absolute Gasteiger partial charge is 0.341 e. The van der Waals surface area contributed by atoms with Gasteiger partial charge in [0.15, 0.2) is 6.61 Å². The highest BCUT2D eigenvalue weighted by Crippen LogP contribution is 2.13. The molecule has 4 heteroatoms. The number of alkyl halides is 1. The van der Waals surface area contributed by atoms with E-state index < -0.39 is 19.3 Å². The van der Waals surface area contributed by atoms with Gasteiger partial charge in [-0.2, -0.15) is 0 Å². The molecule has 70 valence electrons. The van der Waals surface area contributed by atoms with Gasteiger partial charge in [0.05, 0.1) is 0 Å². The van der Waals surface area contributed by atoms with Crippen LogP contribution in [0.25, 0.3) is 0 Å². The summed E-state index contributed by atoms with van der Waals surface area (Å²) < 4.78 is 17.0. The summed E-state index contributed by atoms with van der Waals surface area (Å²) in [6.07, 6.45) is 0. The lowest BCUT2D eigenvalue weighted by atomic mass is 10.2. The molecule has 0 heterocycles. The Hall–Kier alpha value is -1.58. The maximum atomic E-state index is 12.1. The first kappa shape index (κ1) is 9.51. The summed E-state index contributed by atoms with van der Waals surface area (Å²) in [5.74, 6) is -0.678. The quantitative estimate of drug-likeness (QED) is 0.773. The molecule has 0 amide bonds. The first-order chi connectivity index (χ1) is 6.22. The molecular weight excluding hydrogens is 175 g/mol. The minimum absolute atomic E-state index is 0.373. The van der Waals surface area contributed by atoms with Crippen molar-refractivity contribution >= 4 is 5.97 Å². The van der Waals surface area contributed by atoms with Gasteiger partial charge in [-0.3, -0.25) is 0 Å². The Morgan fingerprint density at radius 1 is 1.54 bits per heavy atom. The van der Waals surface area contributed by atoms with Crippen molar-refractivity contribution in [2.45, 2.75) is 6.67 Å².